The molecule has 1 rings (SSSR count). The van der Waals surface area contributed by atoms with Crippen molar-refractivity contribution in [1.29, 1.82) is 0 Å². The van der Waals surface area contributed by atoms with Crippen LogP contribution in [0.15, 0.2) is 18.2 Å². The molecular formula is C10H12ClFO3. The number of rotatable bonds is 4. The smallest absolute Gasteiger partial charge is 0.124 e. The number of hydrogen-bond donors (Lipinski definition) is 3. The van der Waals surface area contributed by atoms with E-state index in [1.54, 1.807) is 0 Å². The first-order valence-electron chi connectivity index (χ1n) is 4.48. The summed E-state index contributed by atoms with van der Waals surface area (Å²) in [4.78, 5) is 0. The molecule has 84 valence electrons. The summed E-state index contributed by atoms with van der Waals surface area (Å²) < 4.78 is 12.7. The molecule has 0 aliphatic heterocycles. The third kappa shape index (κ3) is 3.14. The Kier molecular flexibility index (Phi) is 4.47. The molecule has 0 fully saturated rings. The molecule has 3 N–H and O–H groups in total. The minimum absolute atomic E-state index is 0.0366. The van der Waals surface area contributed by atoms with Crippen molar-refractivity contribution < 1.29 is 19.7 Å². The molecule has 0 aliphatic carbocycles. The number of benzene rings is 1. The number of aliphatic hydroxyl groups is 3. The predicted molar refractivity (Wildman–Crippen MR) is 54.1 cm³/mol. The minimum Gasteiger partial charge on any atom is -0.396 e. The van der Waals surface area contributed by atoms with Crippen LogP contribution in [-0.2, 0) is 0 Å². The van der Waals surface area contributed by atoms with E-state index < -0.39 is 18.0 Å². The molecule has 0 aliphatic rings. The Bertz CT molecular complexity index is 332. The summed E-state index contributed by atoms with van der Waals surface area (Å²) in [5.74, 6) is -0.507. The number of aliphatic hydroxyl groups excluding tert-OH is 3. The second-order valence-corrected chi connectivity index (χ2v) is 3.60. The zero-order valence-electron chi connectivity index (χ0n) is 7.90. The lowest BCUT2D eigenvalue weighted by molar-refractivity contribution is 0.00423. The molecule has 2 unspecified atom stereocenters. The van der Waals surface area contributed by atoms with Crippen molar-refractivity contribution in [3.05, 3.63) is 34.6 Å². The first-order chi connectivity index (χ1) is 7.06. The third-order valence-corrected chi connectivity index (χ3v) is 2.40. The summed E-state index contributed by atoms with van der Waals surface area (Å²) in [7, 11) is 0. The van der Waals surface area contributed by atoms with Gasteiger partial charge >= 0.3 is 0 Å². The van der Waals surface area contributed by atoms with Crippen LogP contribution in [0.25, 0.3) is 0 Å². The van der Waals surface area contributed by atoms with Crippen molar-refractivity contribution in [2.75, 3.05) is 6.61 Å². The molecule has 3 nitrogen and oxygen atoms in total. The summed E-state index contributed by atoms with van der Waals surface area (Å²) in [5, 5.41) is 27.7. The van der Waals surface area contributed by atoms with E-state index >= 15 is 0 Å². The first kappa shape index (κ1) is 12.4. The SMILES string of the molecule is OCCC(O)C(O)c1ccc(F)cc1Cl. The Morgan fingerprint density at radius 3 is 2.53 bits per heavy atom. The van der Waals surface area contributed by atoms with Crippen molar-refractivity contribution in [3.63, 3.8) is 0 Å². The summed E-state index contributed by atoms with van der Waals surface area (Å²) >= 11 is 5.70. The zero-order valence-corrected chi connectivity index (χ0v) is 8.65. The number of halogens is 2. The third-order valence-electron chi connectivity index (χ3n) is 2.07. The molecule has 0 amide bonds. The summed E-state index contributed by atoms with van der Waals surface area (Å²) in [6.45, 7) is -0.239. The van der Waals surface area contributed by atoms with Gasteiger partial charge in [0.1, 0.15) is 11.9 Å². The highest BCUT2D eigenvalue weighted by atomic mass is 35.5. The zero-order chi connectivity index (χ0) is 11.4. The van der Waals surface area contributed by atoms with Gasteiger partial charge in [0.2, 0.25) is 0 Å². The predicted octanol–water partition coefficient (Wildman–Crippen LogP) is 1.26. The lowest BCUT2D eigenvalue weighted by atomic mass is 10.0. The van der Waals surface area contributed by atoms with Gasteiger partial charge in [0.05, 0.1) is 6.10 Å². The topological polar surface area (TPSA) is 60.7 Å². The van der Waals surface area contributed by atoms with Gasteiger partial charge in [-0.2, -0.15) is 0 Å². The molecule has 15 heavy (non-hydrogen) atoms. The summed E-state index contributed by atoms with van der Waals surface area (Å²) in [6, 6.07) is 3.52. The van der Waals surface area contributed by atoms with E-state index in [1.165, 1.54) is 6.07 Å². The van der Waals surface area contributed by atoms with Gasteiger partial charge < -0.3 is 15.3 Å². The Morgan fingerprint density at radius 2 is 2.00 bits per heavy atom. The van der Waals surface area contributed by atoms with Crippen molar-refractivity contribution in [2.45, 2.75) is 18.6 Å². The van der Waals surface area contributed by atoms with E-state index in [0.29, 0.717) is 0 Å². The van der Waals surface area contributed by atoms with Gasteiger partial charge in [-0.25, -0.2) is 4.39 Å². The van der Waals surface area contributed by atoms with E-state index in [2.05, 4.69) is 0 Å². The highest BCUT2D eigenvalue weighted by Gasteiger charge is 2.20. The molecule has 1 aromatic carbocycles. The first-order valence-corrected chi connectivity index (χ1v) is 4.86. The van der Waals surface area contributed by atoms with Gasteiger partial charge in [-0.15, -0.1) is 0 Å². The van der Waals surface area contributed by atoms with Gasteiger partial charge in [-0.3, -0.25) is 0 Å². The fraction of sp³-hybridized carbons (Fsp3) is 0.400. The maximum atomic E-state index is 12.7. The quantitative estimate of drug-likeness (QED) is 0.735. The molecule has 0 heterocycles. The molecule has 0 saturated carbocycles. The van der Waals surface area contributed by atoms with Crippen LogP contribution in [0.2, 0.25) is 5.02 Å². The van der Waals surface area contributed by atoms with Gasteiger partial charge in [0, 0.05) is 17.2 Å². The van der Waals surface area contributed by atoms with Crippen molar-refractivity contribution in [2.24, 2.45) is 0 Å². The monoisotopic (exact) mass is 234 g/mol. The van der Waals surface area contributed by atoms with Gasteiger partial charge in [-0.05, 0) is 18.6 Å². The van der Waals surface area contributed by atoms with E-state index in [-0.39, 0.29) is 23.6 Å². The average molecular weight is 235 g/mol. The molecule has 0 saturated heterocycles. The molecule has 1 aromatic rings. The van der Waals surface area contributed by atoms with Crippen molar-refractivity contribution in [1.82, 2.24) is 0 Å². The Morgan fingerprint density at radius 1 is 1.33 bits per heavy atom. The highest BCUT2D eigenvalue weighted by molar-refractivity contribution is 6.31. The van der Waals surface area contributed by atoms with Crippen LogP contribution in [-0.4, -0.2) is 28.0 Å². The van der Waals surface area contributed by atoms with Gasteiger partial charge in [-0.1, -0.05) is 17.7 Å². The molecule has 0 spiro atoms. The maximum absolute atomic E-state index is 12.7. The Balaban J connectivity index is 2.86. The van der Waals surface area contributed by atoms with E-state index in [4.69, 9.17) is 16.7 Å². The molecule has 0 bridgehead atoms. The van der Waals surface area contributed by atoms with Crippen LogP contribution in [0.3, 0.4) is 0 Å². The summed E-state index contributed by atoms with van der Waals surface area (Å²) in [5.41, 5.74) is 0.249. The Labute approximate surface area is 91.7 Å². The Hall–Kier alpha value is -0.680. The minimum atomic E-state index is -1.22. The van der Waals surface area contributed by atoms with Crippen molar-refractivity contribution >= 4 is 11.6 Å². The van der Waals surface area contributed by atoms with E-state index in [9.17, 15) is 14.6 Å². The molecule has 0 radical (unpaired) electrons. The van der Waals surface area contributed by atoms with Crippen LogP contribution in [0.4, 0.5) is 4.39 Å². The second kappa shape index (κ2) is 5.42. The van der Waals surface area contributed by atoms with Gasteiger partial charge in [0.25, 0.3) is 0 Å². The lowest BCUT2D eigenvalue weighted by Gasteiger charge is -2.18. The lowest BCUT2D eigenvalue weighted by Crippen LogP contribution is -2.19. The molecule has 0 aromatic heterocycles. The summed E-state index contributed by atoms with van der Waals surface area (Å²) in [6.07, 6.45) is -2.29. The van der Waals surface area contributed by atoms with E-state index in [0.717, 1.165) is 12.1 Å². The van der Waals surface area contributed by atoms with Crippen LogP contribution in [0.1, 0.15) is 18.1 Å². The van der Waals surface area contributed by atoms with Crippen molar-refractivity contribution in [3.8, 4) is 0 Å². The molecule has 5 heteroatoms. The largest absolute Gasteiger partial charge is 0.396 e. The van der Waals surface area contributed by atoms with Crippen LogP contribution in [0, 0.1) is 5.82 Å². The van der Waals surface area contributed by atoms with Crippen LogP contribution < -0.4 is 0 Å². The second-order valence-electron chi connectivity index (χ2n) is 3.19. The average Bonchev–Trinajstić information content (AvgIpc) is 2.17. The fourth-order valence-electron chi connectivity index (χ4n) is 1.24. The van der Waals surface area contributed by atoms with Crippen LogP contribution in [0.5, 0.6) is 0 Å². The van der Waals surface area contributed by atoms with Crippen LogP contribution >= 0.6 is 11.6 Å². The van der Waals surface area contributed by atoms with E-state index in [1.807, 2.05) is 0 Å². The maximum Gasteiger partial charge on any atom is 0.124 e. The molecular weight excluding hydrogens is 223 g/mol. The fourth-order valence-corrected chi connectivity index (χ4v) is 1.52. The van der Waals surface area contributed by atoms with Gasteiger partial charge in [0.15, 0.2) is 0 Å². The normalized spacial score (nSPS) is 15.0. The standard InChI is InChI=1S/C10H12ClFO3/c11-8-5-6(12)1-2-7(8)10(15)9(14)3-4-13/h1-2,5,9-10,13-15H,3-4H2. The molecule has 2 atom stereocenters. The number of hydrogen-bond acceptors (Lipinski definition) is 3. The highest BCUT2D eigenvalue weighted by Crippen LogP contribution is 2.26.